The lowest BCUT2D eigenvalue weighted by molar-refractivity contribution is -0.144. The molecule has 0 bridgehead atoms. The quantitative estimate of drug-likeness (QED) is 0.226. The van der Waals surface area contributed by atoms with Crippen LogP contribution >= 0.6 is 39.1 Å². The molecular formula is C28H29BrCl2N2O6. The van der Waals surface area contributed by atoms with E-state index in [9.17, 15) is 24.3 Å². The number of fused-ring (bicyclic) bond motifs is 4. The van der Waals surface area contributed by atoms with Crippen molar-refractivity contribution in [3.8, 4) is 11.5 Å². The lowest BCUT2D eigenvalue weighted by Gasteiger charge is -2.50. The van der Waals surface area contributed by atoms with E-state index in [4.69, 9.17) is 27.9 Å². The maximum Gasteiger partial charge on any atom is 0.254 e. The molecule has 3 aliphatic carbocycles. The molecule has 0 radical (unpaired) electrons. The number of nitrogens with zero attached hydrogens (tertiary/aromatic N) is 2. The third kappa shape index (κ3) is 3.54. The number of ether oxygens (including phenoxy) is 1. The zero-order valence-corrected chi connectivity index (χ0v) is 24.5. The number of hydrogen-bond donors (Lipinski definition) is 1. The monoisotopic (exact) mass is 638 g/mol. The Morgan fingerprint density at radius 2 is 1.77 bits per heavy atom. The Labute approximate surface area is 244 Å². The Bertz CT molecular complexity index is 1310. The fourth-order valence-electron chi connectivity index (χ4n) is 7.72. The summed E-state index contributed by atoms with van der Waals surface area (Å²) >= 11 is 17.6. The number of alkyl halides is 3. The van der Waals surface area contributed by atoms with Gasteiger partial charge in [-0.2, -0.15) is 0 Å². The number of amides is 4. The summed E-state index contributed by atoms with van der Waals surface area (Å²) in [7, 11) is 1.47. The molecule has 5 aliphatic rings. The van der Waals surface area contributed by atoms with Gasteiger partial charge in [0.1, 0.15) is 11.5 Å². The fraction of sp³-hybridized carbons (Fsp3) is 0.571. The van der Waals surface area contributed by atoms with Crippen molar-refractivity contribution in [1.29, 1.82) is 0 Å². The first-order valence-corrected chi connectivity index (χ1v) is 15.2. The van der Waals surface area contributed by atoms with E-state index in [1.165, 1.54) is 18.1 Å². The predicted molar refractivity (Wildman–Crippen MR) is 147 cm³/mol. The minimum atomic E-state index is -1.95. The van der Waals surface area contributed by atoms with Gasteiger partial charge in [-0.15, -0.1) is 23.2 Å². The van der Waals surface area contributed by atoms with Gasteiger partial charge in [-0.05, 0) is 37.7 Å². The van der Waals surface area contributed by atoms with Crippen molar-refractivity contribution >= 4 is 62.8 Å². The van der Waals surface area contributed by atoms with E-state index in [0.717, 1.165) is 37.0 Å². The summed E-state index contributed by atoms with van der Waals surface area (Å²) in [4.78, 5) is 53.7. The van der Waals surface area contributed by atoms with E-state index in [-0.39, 0.29) is 35.5 Å². The second kappa shape index (κ2) is 9.48. The Kier molecular flexibility index (Phi) is 6.59. The van der Waals surface area contributed by atoms with E-state index in [2.05, 4.69) is 15.9 Å². The smallest absolute Gasteiger partial charge is 0.254 e. The normalized spacial score (nSPS) is 36.6. The van der Waals surface area contributed by atoms with Crippen LogP contribution in [0.5, 0.6) is 11.5 Å². The van der Waals surface area contributed by atoms with Gasteiger partial charge in [0.25, 0.3) is 11.8 Å². The van der Waals surface area contributed by atoms with Gasteiger partial charge in [0.15, 0.2) is 9.75 Å². The van der Waals surface area contributed by atoms with Crippen LogP contribution in [0.15, 0.2) is 29.8 Å². The predicted octanol–water partition coefficient (Wildman–Crippen LogP) is 4.44. The number of methoxy groups -OCH3 is 1. The summed E-state index contributed by atoms with van der Waals surface area (Å²) in [5, 5.41) is 11.1. The summed E-state index contributed by atoms with van der Waals surface area (Å²) in [6, 6.07) is 4.55. The van der Waals surface area contributed by atoms with Crippen LogP contribution in [0.25, 0.3) is 0 Å². The van der Waals surface area contributed by atoms with Crippen molar-refractivity contribution in [2.24, 2.45) is 17.8 Å². The number of rotatable bonds is 4. The van der Waals surface area contributed by atoms with E-state index >= 15 is 0 Å². The number of hydrogen-bond acceptors (Lipinski definition) is 6. The zero-order chi connectivity index (χ0) is 27.9. The van der Waals surface area contributed by atoms with Crippen molar-refractivity contribution in [3.05, 3.63) is 35.4 Å². The molecule has 4 amide bonds. The van der Waals surface area contributed by atoms with E-state index in [1.807, 2.05) is 6.08 Å². The van der Waals surface area contributed by atoms with Gasteiger partial charge >= 0.3 is 0 Å². The molecule has 39 heavy (non-hydrogen) atoms. The van der Waals surface area contributed by atoms with Crippen LogP contribution in [-0.4, -0.2) is 66.9 Å². The van der Waals surface area contributed by atoms with Gasteiger partial charge in [-0.1, -0.05) is 52.9 Å². The molecule has 2 heterocycles. The molecule has 11 heteroatoms. The Morgan fingerprint density at radius 1 is 1.05 bits per heavy atom. The zero-order valence-electron chi connectivity index (χ0n) is 21.4. The maximum atomic E-state index is 14.0. The topological polar surface area (TPSA) is 104 Å². The minimum absolute atomic E-state index is 0.0654. The molecule has 6 rings (SSSR count). The van der Waals surface area contributed by atoms with Crippen LogP contribution in [-0.2, 0) is 19.2 Å². The summed E-state index contributed by atoms with van der Waals surface area (Å²) in [5.41, 5.74) is 0.869. The molecule has 208 valence electrons. The van der Waals surface area contributed by atoms with Crippen molar-refractivity contribution in [2.75, 3.05) is 12.6 Å². The SMILES string of the molecule is COc1ccc(C2C3=CCC4C(=O)N(C5CCCCC5)C(=O)C4C3CC3(Cl)C(=O)N(CBr)C(=O)C23Cl)c(O)c1. The summed E-state index contributed by atoms with van der Waals surface area (Å²) < 4.78 is 5.24. The lowest BCUT2D eigenvalue weighted by Crippen LogP contribution is -2.60. The average Bonchev–Trinajstić information content (AvgIpc) is 3.27. The number of carbonyl (C=O) groups excluding carboxylic acids is 4. The number of benzene rings is 1. The molecule has 1 aromatic rings. The first-order valence-electron chi connectivity index (χ1n) is 13.3. The number of imide groups is 2. The van der Waals surface area contributed by atoms with Crippen LogP contribution in [0.2, 0.25) is 0 Å². The molecule has 4 fully saturated rings. The number of phenolic OH excluding ortho intramolecular Hbond substituents is 1. The molecule has 2 saturated heterocycles. The van der Waals surface area contributed by atoms with Gasteiger partial charge in [-0.3, -0.25) is 29.0 Å². The number of allylic oxidation sites excluding steroid dienone is 2. The standard InChI is InChI=1S/C28H29BrCl2N2O6/c1-39-15-7-8-17(20(34)11-15)22-16-9-10-18-21(24(36)33(23(18)35)14-5-3-2-4-6-14)19(16)12-27(30)25(37)32(13-29)26(38)28(22,27)31/h7-9,11,14,18-19,21-22,34H,2-6,10,12-13H2,1H3. The summed E-state index contributed by atoms with van der Waals surface area (Å²) in [5.74, 6) is -4.36. The Hall–Kier alpha value is -2.10. The highest BCUT2D eigenvalue weighted by atomic mass is 79.9. The van der Waals surface area contributed by atoms with Crippen LogP contribution in [0.3, 0.4) is 0 Å². The van der Waals surface area contributed by atoms with Crippen LogP contribution in [0.1, 0.15) is 56.4 Å². The highest BCUT2D eigenvalue weighted by molar-refractivity contribution is 9.09. The molecular weight excluding hydrogens is 611 g/mol. The van der Waals surface area contributed by atoms with Crippen molar-refractivity contribution in [1.82, 2.24) is 9.80 Å². The second-order valence-corrected chi connectivity index (χ2v) is 13.0. The highest BCUT2D eigenvalue weighted by Crippen LogP contribution is 2.66. The first-order chi connectivity index (χ1) is 18.6. The second-order valence-electron chi connectivity index (χ2n) is 11.2. The third-order valence-corrected chi connectivity index (χ3v) is 11.5. The molecule has 2 saturated carbocycles. The lowest BCUT2D eigenvalue weighted by atomic mass is 9.56. The third-order valence-electron chi connectivity index (χ3n) is 9.54. The molecule has 0 aromatic heterocycles. The van der Waals surface area contributed by atoms with E-state index in [1.54, 1.807) is 12.1 Å². The molecule has 2 aliphatic heterocycles. The van der Waals surface area contributed by atoms with Crippen molar-refractivity contribution in [3.63, 3.8) is 0 Å². The van der Waals surface area contributed by atoms with Crippen molar-refractivity contribution < 1.29 is 29.0 Å². The van der Waals surface area contributed by atoms with Crippen LogP contribution < -0.4 is 4.74 Å². The van der Waals surface area contributed by atoms with Gasteiger partial charge in [0, 0.05) is 23.6 Å². The molecule has 6 unspecified atom stereocenters. The number of phenols is 1. The molecule has 8 nitrogen and oxygen atoms in total. The fourth-order valence-corrected chi connectivity index (χ4v) is 9.13. The molecule has 6 atom stereocenters. The van der Waals surface area contributed by atoms with E-state index < -0.39 is 45.2 Å². The Morgan fingerprint density at radius 3 is 2.41 bits per heavy atom. The highest BCUT2D eigenvalue weighted by Gasteiger charge is 2.76. The largest absolute Gasteiger partial charge is 0.508 e. The summed E-state index contributed by atoms with van der Waals surface area (Å²) in [6.07, 6.45) is 6.75. The van der Waals surface area contributed by atoms with Crippen LogP contribution in [0.4, 0.5) is 0 Å². The van der Waals surface area contributed by atoms with Crippen LogP contribution in [0, 0.1) is 17.8 Å². The Balaban J connectivity index is 1.50. The first kappa shape index (κ1) is 27.1. The van der Waals surface area contributed by atoms with Gasteiger partial charge in [-0.25, -0.2) is 0 Å². The maximum absolute atomic E-state index is 14.0. The number of carbonyl (C=O) groups is 4. The molecule has 1 N–H and O–H groups in total. The van der Waals surface area contributed by atoms with Gasteiger partial charge in [0.2, 0.25) is 11.8 Å². The molecule has 1 aromatic carbocycles. The minimum Gasteiger partial charge on any atom is -0.508 e. The average molecular weight is 640 g/mol. The number of likely N-dealkylation sites (tertiary alicyclic amines) is 2. The number of aromatic hydroxyl groups is 1. The van der Waals surface area contributed by atoms with Gasteiger partial charge < -0.3 is 9.84 Å². The number of halogens is 3. The van der Waals surface area contributed by atoms with E-state index in [0.29, 0.717) is 23.3 Å². The van der Waals surface area contributed by atoms with Crippen molar-refractivity contribution in [2.45, 2.75) is 66.7 Å². The van der Waals surface area contributed by atoms with Gasteiger partial charge in [0.05, 0.1) is 24.4 Å². The summed E-state index contributed by atoms with van der Waals surface area (Å²) in [6.45, 7) is 0. The molecule has 0 spiro atoms.